The van der Waals surface area contributed by atoms with E-state index in [0.717, 1.165) is 10.5 Å². The number of hydrogen-bond donors (Lipinski definition) is 1. The molecular weight excluding hydrogens is 228 g/mol. The lowest BCUT2D eigenvalue weighted by molar-refractivity contribution is -0.890. The first kappa shape index (κ1) is 13.1. The van der Waals surface area contributed by atoms with Crippen molar-refractivity contribution in [3.05, 3.63) is 35.9 Å². The molecule has 74 valence electrons. The molecule has 0 aliphatic rings. The SMILES string of the molecule is C[NH+](C)C(Cl)(Cl)c1ccccc1.[Cl-]. The van der Waals surface area contributed by atoms with Crippen molar-refractivity contribution in [3.8, 4) is 0 Å². The van der Waals surface area contributed by atoms with Crippen molar-refractivity contribution in [3.63, 3.8) is 0 Å². The van der Waals surface area contributed by atoms with Crippen molar-refractivity contribution in [2.24, 2.45) is 0 Å². The zero-order valence-electron chi connectivity index (χ0n) is 7.52. The van der Waals surface area contributed by atoms with Crippen LogP contribution in [0.2, 0.25) is 0 Å². The summed E-state index contributed by atoms with van der Waals surface area (Å²) in [6.07, 6.45) is 0. The zero-order valence-corrected chi connectivity index (χ0v) is 9.79. The molecular formula is C9H12Cl3N. The van der Waals surface area contributed by atoms with Gasteiger partial charge in [0.2, 0.25) is 0 Å². The molecule has 4 heteroatoms. The van der Waals surface area contributed by atoms with Gasteiger partial charge in [-0.15, -0.1) is 0 Å². The smallest absolute Gasteiger partial charge is 0.275 e. The summed E-state index contributed by atoms with van der Waals surface area (Å²) in [5.74, 6) is 0. The van der Waals surface area contributed by atoms with Crippen LogP contribution < -0.4 is 17.3 Å². The lowest BCUT2D eigenvalue weighted by Crippen LogP contribution is -3.11. The summed E-state index contributed by atoms with van der Waals surface area (Å²) in [4.78, 5) is 0.983. The molecule has 1 nitrogen and oxygen atoms in total. The van der Waals surface area contributed by atoms with E-state index in [4.69, 9.17) is 23.2 Å². The standard InChI is InChI=1S/C9H11Cl2N.ClH/c1-12(2)9(10,11)8-6-4-3-5-7-8;/h3-7H,1-2H3;1H. The lowest BCUT2D eigenvalue weighted by atomic mass is 10.2. The van der Waals surface area contributed by atoms with Gasteiger partial charge in [0, 0.05) is 5.56 Å². The molecule has 1 N–H and O–H groups in total. The van der Waals surface area contributed by atoms with E-state index in [1.807, 2.05) is 44.4 Å². The Kier molecular flexibility index (Phi) is 5.08. The predicted octanol–water partition coefficient (Wildman–Crippen LogP) is -1.58. The first-order valence-corrected chi connectivity index (χ1v) is 4.54. The Bertz CT molecular complexity index is 246. The average molecular weight is 241 g/mol. The van der Waals surface area contributed by atoms with Gasteiger partial charge in [-0.05, 0) is 35.3 Å². The Balaban J connectivity index is 0.00000144. The minimum Gasteiger partial charge on any atom is -1.00 e. The normalized spacial score (nSPS) is 11.2. The van der Waals surface area contributed by atoms with Gasteiger partial charge in [0.05, 0.1) is 14.1 Å². The molecule has 1 aromatic rings. The molecule has 1 aromatic carbocycles. The fourth-order valence-electron chi connectivity index (χ4n) is 0.936. The highest BCUT2D eigenvalue weighted by molar-refractivity contribution is 6.46. The first-order chi connectivity index (χ1) is 5.55. The van der Waals surface area contributed by atoms with Crippen molar-refractivity contribution in [1.82, 2.24) is 0 Å². The molecule has 0 amide bonds. The minimum atomic E-state index is -0.846. The molecule has 0 radical (unpaired) electrons. The van der Waals surface area contributed by atoms with Crippen LogP contribution in [-0.2, 0) is 4.46 Å². The van der Waals surface area contributed by atoms with Crippen molar-refractivity contribution in [1.29, 1.82) is 0 Å². The van der Waals surface area contributed by atoms with Crippen molar-refractivity contribution < 1.29 is 17.3 Å². The molecule has 0 fully saturated rings. The van der Waals surface area contributed by atoms with E-state index in [1.165, 1.54) is 0 Å². The van der Waals surface area contributed by atoms with Gasteiger partial charge >= 0.3 is 0 Å². The average Bonchev–Trinajstić information content (AvgIpc) is 2.06. The number of hydrogen-bond acceptors (Lipinski definition) is 0. The molecule has 0 bridgehead atoms. The molecule has 0 aromatic heterocycles. The number of nitrogens with one attached hydrogen (secondary N) is 1. The van der Waals surface area contributed by atoms with Crippen LogP contribution >= 0.6 is 23.2 Å². The maximum atomic E-state index is 6.12. The van der Waals surface area contributed by atoms with Gasteiger partial charge in [-0.3, -0.25) is 0 Å². The number of quaternary nitrogens is 1. The summed E-state index contributed by atoms with van der Waals surface area (Å²) in [5, 5.41) is 0. The molecule has 1 rings (SSSR count). The maximum Gasteiger partial charge on any atom is 0.275 e. The summed E-state index contributed by atoms with van der Waals surface area (Å²) >= 11 is 12.2. The summed E-state index contributed by atoms with van der Waals surface area (Å²) in [6, 6.07) is 9.65. The molecule has 0 spiro atoms. The van der Waals surface area contributed by atoms with Crippen molar-refractivity contribution in [2.45, 2.75) is 4.46 Å². The van der Waals surface area contributed by atoms with Crippen LogP contribution in [0.4, 0.5) is 0 Å². The monoisotopic (exact) mass is 239 g/mol. The van der Waals surface area contributed by atoms with E-state index in [1.54, 1.807) is 0 Å². The van der Waals surface area contributed by atoms with Crippen LogP contribution in [0.3, 0.4) is 0 Å². The van der Waals surface area contributed by atoms with Crippen molar-refractivity contribution >= 4 is 23.2 Å². The quantitative estimate of drug-likeness (QED) is 0.470. The maximum absolute atomic E-state index is 6.12. The Morgan fingerprint density at radius 1 is 1.08 bits per heavy atom. The molecule has 0 saturated carbocycles. The third-order valence-electron chi connectivity index (χ3n) is 1.76. The third kappa shape index (κ3) is 3.03. The molecule has 0 aliphatic carbocycles. The number of benzene rings is 1. The van der Waals surface area contributed by atoms with Crippen LogP contribution in [0.5, 0.6) is 0 Å². The molecule has 0 unspecified atom stereocenters. The molecule has 0 saturated heterocycles. The highest BCUT2D eigenvalue weighted by Crippen LogP contribution is 2.26. The van der Waals surface area contributed by atoms with Crippen LogP contribution in [-0.4, -0.2) is 14.1 Å². The van der Waals surface area contributed by atoms with Crippen molar-refractivity contribution in [2.75, 3.05) is 14.1 Å². The van der Waals surface area contributed by atoms with Gasteiger partial charge < -0.3 is 17.3 Å². The Hall–Kier alpha value is 0.0500. The van der Waals surface area contributed by atoms with Gasteiger partial charge in [0.15, 0.2) is 0 Å². The number of alkyl halides is 2. The van der Waals surface area contributed by atoms with Crippen LogP contribution in [0.1, 0.15) is 5.56 Å². The molecule has 13 heavy (non-hydrogen) atoms. The second-order valence-electron chi connectivity index (χ2n) is 2.94. The van der Waals surface area contributed by atoms with Gasteiger partial charge in [0.25, 0.3) is 4.46 Å². The summed E-state index contributed by atoms with van der Waals surface area (Å²) in [7, 11) is 3.85. The van der Waals surface area contributed by atoms with Gasteiger partial charge in [-0.2, -0.15) is 0 Å². The van der Waals surface area contributed by atoms with E-state index in [0.29, 0.717) is 0 Å². The summed E-state index contributed by atoms with van der Waals surface area (Å²) in [6.45, 7) is 0. The Morgan fingerprint density at radius 3 is 1.92 bits per heavy atom. The largest absolute Gasteiger partial charge is 1.00 e. The van der Waals surface area contributed by atoms with Gasteiger partial charge in [0.1, 0.15) is 0 Å². The highest BCUT2D eigenvalue weighted by atomic mass is 35.5. The molecule has 0 aliphatic heterocycles. The third-order valence-corrected chi connectivity index (χ3v) is 2.96. The summed E-state index contributed by atoms with van der Waals surface area (Å²) in [5.41, 5.74) is 0.924. The fourth-order valence-corrected chi connectivity index (χ4v) is 1.19. The van der Waals surface area contributed by atoms with E-state index in [2.05, 4.69) is 0 Å². The van der Waals surface area contributed by atoms with Crippen LogP contribution in [0.25, 0.3) is 0 Å². The van der Waals surface area contributed by atoms with Gasteiger partial charge in [-0.25, -0.2) is 0 Å². The second kappa shape index (κ2) is 5.06. The van der Waals surface area contributed by atoms with Crippen LogP contribution in [0.15, 0.2) is 30.3 Å². The first-order valence-electron chi connectivity index (χ1n) is 3.79. The molecule has 0 atom stereocenters. The lowest BCUT2D eigenvalue weighted by Gasteiger charge is -2.23. The van der Waals surface area contributed by atoms with Gasteiger partial charge in [-0.1, -0.05) is 18.2 Å². The fraction of sp³-hybridized carbons (Fsp3) is 0.333. The van der Waals surface area contributed by atoms with E-state index >= 15 is 0 Å². The van der Waals surface area contributed by atoms with Crippen LogP contribution in [0, 0.1) is 0 Å². The molecule has 0 heterocycles. The van der Waals surface area contributed by atoms with E-state index in [9.17, 15) is 0 Å². The minimum absolute atomic E-state index is 0. The number of rotatable bonds is 2. The van der Waals surface area contributed by atoms with E-state index in [-0.39, 0.29) is 12.4 Å². The summed E-state index contributed by atoms with van der Waals surface area (Å²) < 4.78 is -0.846. The van der Waals surface area contributed by atoms with E-state index < -0.39 is 4.46 Å². The Labute approximate surface area is 95.0 Å². The zero-order chi connectivity index (χ0) is 9.19. The Morgan fingerprint density at radius 2 is 1.54 bits per heavy atom. The second-order valence-corrected chi connectivity index (χ2v) is 4.27. The predicted molar refractivity (Wildman–Crippen MR) is 52.6 cm³/mol. The topological polar surface area (TPSA) is 4.44 Å². The highest BCUT2D eigenvalue weighted by Gasteiger charge is 2.33. The number of halogens is 3.